The van der Waals surface area contributed by atoms with Crippen LogP contribution in [-0.4, -0.2) is 57.1 Å². The topological polar surface area (TPSA) is 85.3 Å². The molecule has 1 unspecified atom stereocenters. The van der Waals surface area contributed by atoms with Crippen molar-refractivity contribution in [3.8, 4) is 5.75 Å². The first-order valence-corrected chi connectivity index (χ1v) is 10.9. The summed E-state index contributed by atoms with van der Waals surface area (Å²) in [5.41, 5.74) is -0.414. The highest BCUT2D eigenvalue weighted by Gasteiger charge is 2.35. The van der Waals surface area contributed by atoms with E-state index in [1.54, 1.807) is 6.20 Å². The number of nitrogens with zero attached hydrogens (tertiary/aromatic N) is 4. The van der Waals surface area contributed by atoms with Crippen molar-refractivity contribution in [2.75, 3.05) is 26.3 Å². The summed E-state index contributed by atoms with van der Waals surface area (Å²) >= 11 is 0. The van der Waals surface area contributed by atoms with Crippen molar-refractivity contribution in [3.63, 3.8) is 0 Å². The summed E-state index contributed by atoms with van der Waals surface area (Å²) in [7, 11) is 0. The van der Waals surface area contributed by atoms with Gasteiger partial charge in [0.05, 0.1) is 23.8 Å². The maximum atomic E-state index is 12.9. The Kier molecular flexibility index (Phi) is 5.61. The molecule has 0 radical (unpaired) electrons. The predicted octanol–water partition coefficient (Wildman–Crippen LogP) is 3.31. The maximum Gasteiger partial charge on any atom is 0.416 e. The molecule has 1 atom stereocenters. The number of benzene rings is 1. The quantitative estimate of drug-likeness (QED) is 0.625. The fourth-order valence-electron chi connectivity index (χ4n) is 4.32. The van der Waals surface area contributed by atoms with Crippen LogP contribution < -0.4 is 10.3 Å². The molecular weight excluding hydrogens is 439 g/mol. The molecule has 2 saturated heterocycles. The van der Waals surface area contributed by atoms with Crippen LogP contribution in [0.2, 0.25) is 0 Å². The number of ether oxygens (including phenoxy) is 2. The molecule has 0 amide bonds. The second-order valence-electron chi connectivity index (χ2n) is 8.52. The molecule has 33 heavy (non-hydrogen) atoms. The van der Waals surface area contributed by atoms with Crippen LogP contribution in [0, 0.1) is 0 Å². The maximum absolute atomic E-state index is 12.9. The molecule has 4 heterocycles. The van der Waals surface area contributed by atoms with Crippen LogP contribution in [0.15, 0.2) is 35.3 Å². The van der Waals surface area contributed by atoms with Gasteiger partial charge in [0.2, 0.25) is 0 Å². The average Bonchev–Trinajstić information content (AvgIpc) is 3.20. The largest absolute Gasteiger partial charge is 0.488 e. The number of fused-ring (bicyclic) bond motifs is 1. The van der Waals surface area contributed by atoms with Gasteiger partial charge < -0.3 is 14.5 Å². The summed E-state index contributed by atoms with van der Waals surface area (Å²) in [6.45, 7) is 4.26. The Morgan fingerprint density at radius 3 is 2.73 bits per heavy atom. The summed E-state index contributed by atoms with van der Waals surface area (Å²) in [5.74, 6) is 0.717. The second-order valence-corrected chi connectivity index (χ2v) is 8.52. The van der Waals surface area contributed by atoms with Gasteiger partial charge in [-0.15, -0.1) is 0 Å². The number of halogens is 3. The van der Waals surface area contributed by atoms with E-state index < -0.39 is 11.7 Å². The van der Waals surface area contributed by atoms with Crippen LogP contribution in [0.25, 0.3) is 11.0 Å². The van der Waals surface area contributed by atoms with Gasteiger partial charge in [-0.25, -0.2) is 9.67 Å². The van der Waals surface area contributed by atoms with E-state index in [4.69, 9.17) is 14.5 Å². The van der Waals surface area contributed by atoms with Crippen molar-refractivity contribution in [1.82, 2.24) is 24.6 Å². The molecule has 176 valence electrons. The molecule has 0 aliphatic carbocycles. The SMILES string of the molecule is CC(c1nc2c(cnn2C2CCOCC2)c(=O)[nH]1)N1CC(Oc2cccc(C(F)(F)F)c2)C1. The number of aromatic amines is 1. The molecule has 1 N–H and O–H groups in total. The van der Waals surface area contributed by atoms with Gasteiger partial charge in [0, 0.05) is 26.3 Å². The summed E-state index contributed by atoms with van der Waals surface area (Å²) in [5, 5.41) is 4.86. The summed E-state index contributed by atoms with van der Waals surface area (Å²) < 4.78 is 51.7. The Bertz CT molecular complexity index is 1200. The highest BCUT2D eigenvalue weighted by atomic mass is 19.4. The van der Waals surface area contributed by atoms with Crippen molar-refractivity contribution in [2.45, 2.75) is 44.1 Å². The van der Waals surface area contributed by atoms with Gasteiger partial charge in [-0.3, -0.25) is 9.69 Å². The third kappa shape index (κ3) is 4.34. The number of hydrogen-bond acceptors (Lipinski definition) is 6. The van der Waals surface area contributed by atoms with Crippen LogP contribution in [0.1, 0.15) is 43.2 Å². The van der Waals surface area contributed by atoms with E-state index in [-0.39, 0.29) is 29.5 Å². The Balaban J connectivity index is 1.28. The fourth-order valence-corrected chi connectivity index (χ4v) is 4.32. The molecule has 2 aromatic heterocycles. The minimum Gasteiger partial charge on any atom is -0.488 e. The fraction of sp³-hybridized carbons (Fsp3) is 0.500. The van der Waals surface area contributed by atoms with Crippen molar-refractivity contribution >= 4 is 11.0 Å². The molecule has 0 bridgehead atoms. The molecule has 8 nitrogen and oxygen atoms in total. The van der Waals surface area contributed by atoms with Crippen molar-refractivity contribution in [1.29, 1.82) is 0 Å². The Morgan fingerprint density at radius 2 is 2.00 bits per heavy atom. The highest BCUT2D eigenvalue weighted by molar-refractivity contribution is 5.73. The van der Waals surface area contributed by atoms with Gasteiger partial charge >= 0.3 is 6.18 Å². The highest BCUT2D eigenvalue weighted by Crippen LogP contribution is 2.33. The van der Waals surface area contributed by atoms with Crippen molar-refractivity contribution in [2.24, 2.45) is 0 Å². The van der Waals surface area contributed by atoms with Gasteiger partial charge in [-0.05, 0) is 38.0 Å². The molecule has 1 aromatic carbocycles. The first-order chi connectivity index (χ1) is 15.8. The smallest absolute Gasteiger partial charge is 0.416 e. The first-order valence-electron chi connectivity index (χ1n) is 10.9. The number of H-pyrrole nitrogens is 1. The van der Waals surface area contributed by atoms with Gasteiger partial charge in [0.1, 0.15) is 23.1 Å². The van der Waals surface area contributed by atoms with E-state index >= 15 is 0 Å². The van der Waals surface area contributed by atoms with Crippen LogP contribution >= 0.6 is 0 Å². The van der Waals surface area contributed by atoms with Gasteiger partial charge in [0.25, 0.3) is 5.56 Å². The number of alkyl halides is 3. The number of hydrogen-bond donors (Lipinski definition) is 1. The minimum atomic E-state index is -4.41. The summed E-state index contributed by atoms with van der Waals surface area (Å²) in [6.07, 6.45) is -1.46. The molecule has 11 heteroatoms. The third-order valence-electron chi connectivity index (χ3n) is 6.30. The lowest BCUT2D eigenvalue weighted by Crippen LogP contribution is -2.54. The van der Waals surface area contributed by atoms with Crippen LogP contribution in [0.4, 0.5) is 13.2 Å². The third-order valence-corrected chi connectivity index (χ3v) is 6.30. The molecule has 2 aliphatic heterocycles. The normalized spacial score (nSPS) is 19.5. The van der Waals surface area contributed by atoms with E-state index in [2.05, 4.69) is 15.0 Å². The zero-order valence-corrected chi connectivity index (χ0v) is 18.0. The van der Waals surface area contributed by atoms with Gasteiger partial charge in [0.15, 0.2) is 5.65 Å². The second kappa shape index (κ2) is 8.45. The minimum absolute atomic E-state index is 0.142. The lowest BCUT2D eigenvalue weighted by atomic mass is 10.1. The Morgan fingerprint density at radius 1 is 1.24 bits per heavy atom. The van der Waals surface area contributed by atoms with Crippen LogP contribution in [0.5, 0.6) is 5.75 Å². The summed E-state index contributed by atoms with van der Waals surface area (Å²) in [4.78, 5) is 22.3. The Hall–Kier alpha value is -2.92. The molecule has 5 rings (SSSR count). The van der Waals surface area contributed by atoms with E-state index in [0.29, 0.717) is 43.2 Å². The molecular formula is C22H24F3N5O3. The molecule has 2 aliphatic rings. The van der Waals surface area contributed by atoms with Crippen molar-refractivity contribution < 1.29 is 22.6 Å². The first kappa shape index (κ1) is 21.9. The lowest BCUT2D eigenvalue weighted by molar-refractivity contribution is -0.137. The van der Waals surface area contributed by atoms with Crippen LogP contribution in [0.3, 0.4) is 0 Å². The average molecular weight is 463 g/mol. The number of nitrogens with one attached hydrogen (secondary N) is 1. The number of rotatable bonds is 5. The molecule has 2 fully saturated rings. The zero-order valence-electron chi connectivity index (χ0n) is 18.0. The van der Waals surface area contributed by atoms with Gasteiger partial charge in [-0.2, -0.15) is 18.3 Å². The van der Waals surface area contributed by atoms with E-state index in [9.17, 15) is 18.0 Å². The van der Waals surface area contributed by atoms with E-state index in [0.717, 1.165) is 25.0 Å². The standard InChI is InChI=1S/C22H24F3N5O3/c1-13(29-11-17(12-29)33-16-4-2-3-14(9-16)22(23,24)25)19-27-20-18(21(31)28-19)10-26-30(20)15-5-7-32-8-6-15/h2-4,9-10,13,15,17H,5-8,11-12H2,1H3,(H,27,28,31). The number of aromatic nitrogens is 4. The molecule has 0 spiro atoms. The monoisotopic (exact) mass is 463 g/mol. The molecule has 0 saturated carbocycles. The number of likely N-dealkylation sites (tertiary alicyclic amines) is 1. The van der Waals surface area contributed by atoms with E-state index in [1.165, 1.54) is 12.1 Å². The van der Waals surface area contributed by atoms with Crippen molar-refractivity contribution in [3.05, 3.63) is 52.2 Å². The van der Waals surface area contributed by atoms with Crippen LogP contribution in [-0.2, 0) is 10.9 Å². The summed E-state index contributed by atoms with van der Waals surface area (Å²) in [6, 6.07) is 4.83. The Labute approximate surface area is 187 Å². The van der Waals surface area contributed by atoms with Gasteiger partial charge in [-0.1, -0.05) is 6.07 Å². The lowest BCUT2D eigenvalue weighted by Gasteiger charge is -2.42. The predicted molar refractivity (Wildman–Crippen MR) is 113 cm³/mol. The zero-order chi connectivity index (χ0) is 23.2. The van der Waals surface area contributed by atoms with E-state index in [1.807, 2.05) is 11.6 Å². The molecule has 3 aromatic rings.